The van der Waals surface area contributed by atoms with Gasteiger partial charge in [0.15, 0.2) is 6.10 Å². The summed E-state index contributed by atoms with van der Waals surface area (Å²) in [5, 5.41) is 18.4. The Morgan fingerprint density at radius 1 is 0.755 bits per heavy atom. The lowest BCUT2D eigenvalue weighted by atomic mass is 9.87. The van der Waals surface area contributed by atoms with Crippen LogP contribution in [-0.4, -0.2) is 49.1 Å². The molecule has 0 aliphatic carbocycles. The van der Waals surface area contributed by atoms with Gasteiger partial charge in [-0.05, 0) is 124 Å². The van der Waals surface area contributed by atoms with Gasteiger partial charge < -0.3 is 19.5 Å². The number of aromatic amines is 1. The fourth-order valence-corrected chi connectivity index (χ4v) is 6.21. The number of nitrogens with one attached hydrogen (secondary N) is 2. The first-order chi connectivity index (χ1) is 25.2. The van der Waals surface area contributed by atoms with Gasteiger partial charge in [-0.25, -0.2) is 4.68 Å². The maximum absolute atomic E-state index is 14.1. The van der Waals surface area contributed by atoms with Gasteiger partial charge in [0.25, 0.3) is 11.5 Å². The molecule has 0 aliphatic heterocycles. The number of H-pyrrole nitrogens is 1. The number of tetrazole rings is 1. The van der Waals surface area contributed by atoms with Crippen LogP contribution >= 0.6 is 11.8 Å². The smallest absolute Gasteiger partial charge is 0.287 e. The molecule has 53 heavy (non-hydrogen) atoms. The zero-order valence-corrected chi connectivity index (χ0v) is 31.8. The highest BCUT2D eigenvalue weighted by Gasteiger charge is 2.25. The van der Waals surface area contributed by atoms with E-state index in [1.54, 1.807) is 62.6 Å². The van der Waals surface area contributed by atoms with Gasteiger partial charge in [-0.2, -0.15) is 4.68 Å². The monoisotopic (exact) mass is 733 g/mol. The lowest BCUT2D eigenvalue weighted by Gasteiger charge is -2.20. The minimum absolute atomic E-state index is 0.0204. The number of hydrogen-bond acceptors (Lipinski definition) is 9. The highest BCUT2D eigenvalue weighted by atomic mass is 32.2. The molecule has 4 aromatic carbocycles. The summed E-state index contributed by atoms with van der Waals surface area (Å²) in [5.74, 6) is 2.21. The number of nitrogens with zero attached hydrogens (tertiary/aromatic N) is 5. The summed E-state index contributed by atoms with van der Waals surface area (Å²) in [6.07, 6.45) is -0.890. The Balaban J connectivity index is 1.27. The third-order valence-electron chi connectivity index (χ3n) is 8.50. The molecule has 6 rings (SSSR count). The number of ether oxygens (including phenoxy) is 3. The molecule has 0 saturated carbocycles. The van der Waals surface area contributed by atoms with Gasteiger partial charge in [0.1, 0.15) is 33.7 Å². The minimum atomic E-state index is -0.890. The van der Waals surface area contributed by atoms with E-state index in [1.807, 2.05) is 36.4 Å². The molecule has 0 aliphatic rings. The second kappa shape index (κ2) is 15.0. The van der Waals surface area contributed by atoms with Gasteiger partial charge in [-0.3, -0.25) is 14.7 Å². The van der Waals surface area contributed by atoms with Crippen molar-refractivity contribution in [3.05, 3.63) is 119 Å². The van der Waals surface area contributed by atoms with E-state index in [0.29, 0.717) is 39.5 Å². The summed E-state index contributed by atoms with van der Waals surface area (Å²) in [5.41, 5.74) is 3.11. The number of aromatic nitrogens is 6. The Labute approximate surface area is 312 Å². The van der Waals surface area contributed by atoms with Crippen LogP contribution in [0.3, 0.4) is 0 Å². The number of amides is 1. The first-order valence-electron chi connectivity index (χ1n) is 17.1. The Morgan fingerprint density at radius 3 is 1.81 bits per heavy atom. The molecule has 0 bridgehead atoms. The number of methoxy groups -OCH3 is 1. The van der Waals surface area contributed by atoms with Crippen LogP contribution in [0, 0.1) is 0 Å². The van der Waals surface area contributed by atoms with Crippen molar-refractivity contribution in [3.8, 4) is 34.4 Å². The summed E-state index contributed by atoms with van der Waals surface area (Å²) in [6.45, 7) is 14.5. The molecule has 0 saturated heterocycles. The molecule has 1 atom stereocenters. The molecule has 2 heterocycles. The SMILES string of the molecule is COc1ccc(-n2nnnc2Sc2c(NC(=O)C(C)Oc3ccc(C(C)(C)C)cc3)[nH]n(-c3ccc(Oc4ccc(C(C)(C)C)cc4)cc3)c2=O)cc1. The summed E-state index contributed by atoms with van der Waals surface area (Å²) >= 11 is 1.01. The van der Waals surface area contributed by atoms with E-state index in [4.69, 9.17) is 14.2 Å². The topological polar surface area (TPSA) is 138 Å². The second-order valence-corrected chi connectivity index (χ2v) is 15.5. The predicted molar refractivity (Wildman–Crippen MR) is 205 cm³/mol. The van der Waals surface area contributed by atoms with Gasteiger partial charge in [-0.1, -0.05) is 65.8 Å². The molecular weight excluding hydrogens is 691 g/mol. The summed E-state index contributed by atoms with van der Waals surface area (Å²) < 4.78 is 20.2. The number of carbonyl (C=O) groups excluding carboxylic acids is 1. The van der Waals surface area contributed by atoms with Crippen LogP contribution in [0.4, 0.5) is 5.82 Å². The normalized spacial score (nSPS) is 12.3. The molecule has 12 nitrogen and oxygen atoms in total. The molecule has 0 spiro atoms. The fourth-order valence-electron chi connectivity index (χ4n) is 5.34. The fraction of sp³-hybridized carbons (Fsp3) is 0.275. The zero-order chi connectivity index (χ0) is 37.9. The van der Waals surface area contributed by atoms with Crippen LogP contribution in [0.15, 0.2) is 112 Å². The Morgan fingerprint density at radius 2 is 1.26 bits per heavy atom. The van der Waals surface area contributed by atoms with Crippen LogP contribution in [-0.2, 0) is 15.6 Å². The van der Waals surface area contributed by atoms with Crippen LogP contribution in [0.1, 0.15) is 59.6 Å². The van der Waals surface area contributed by atoms with Crippen LogP contribution in [0.2, 0.25) is 0 Å². The lowest BCUT2D eigenvalue weighted by molar-refractivity contribution is -0.122. The van der Waals surface area contributed by atoms with E-state index < -0.39 is 17.6 Å². The molecule has 1 unspecified atom stereocenters. The summed E-state index contributed by atoms with van der Waals surface area (Å²) in [4.78, 5) is 27.8. The van der Waals surface area contributed by atoms with E-state index in [-0.39, 0.29) is 21.5 Å². The molecule has 2 aromatic heterocycles. The first kappa shape index (κ1) is 37.0. The van der Waals surface area contributed by atoms with E-state index >= 15 is 0 Å². The second-order valence-electron chi connectivity index (χ2n) is 14.5. The maximum Gasteiger partial charge on any atom is 0.287 e. The van der Waals surface area contributed by atoms with Crippen molar-refractivity contribution in [3.63, 3.8) is 0 Å². The van der Waals surface area contributed by atoms with Crippen molar-refractivity contribution in [2.45, 2.75) is 75.5 Å². The van der Waals surface area contributed by atoms with E-state index in [0.717, 1.165) is 17.3 Å². The van der Waals surface area contributed by atoms with Crippen molar-refractivity contribution in [2.75, 3.05) is 12.4 Å². The molecule has 13 heteroatoms. The molecule has 0 radical (unpaired) electrons. The standard InChI is InChI=1S/C40H43N7O5S/c1-25(51-31-17-9-26(10-18-31)39(2,3)4)36(48)41-35-34(53-38-42-44-45-47(38)29-13-21-30(50-8)22-14-29)37(49)46(43-35)28-15-23-33(24-16-28)52-32-19-11-27(12-20-32)40(5,6)7/h9-25,43H,1-8H3,(H,41,48). The number of rotatable bonds is 11. The average Bonchev–Trinajstić information content (AvgIpc) is 3.72. The van der Waals surface area contributed by atoms with E-state index in [9.17, 15) is 9.59 Å². The minimum Gasteiger partial charge on any atom is -0.497 e. The van der Waals surface area contributed by atoms with Crippen molar-refractivity contribution < 1.29 is 19.0 Å². The Bertz CT molecular complexity index is 2230. The quantitative estimate of drug-likeness (QED) is 0.135. The van der Waals surface area contributed by atoms with Crippen LogP contribution < -0.4 is 25.1 Å². The molecule has 1 amide bonds. The third-order valence-corrected chi connectivity index (χ3v) is 9.52. The number of anilines is 1. The van der Waals surface area contributed by atoms with Crippen molar-refractivity contribution in [2.24, 2.45) is 0 Å². The zero-order valence-electron chi connectivity index (χ0n) is 31.0. The Hall–Kier alpha value is -5.82. The Kier molecular flexibility index (Phi) is 10.5. The predicted octanol–water partition coefficient (Wildman–Crippen LogP) is 8.09. The van der Waals surface area contributed by atoms with Gasteiger partial charge in [0, 0.05) is 0 Å². The van der Waals surface area contributed by atoms with Crippen LogP contribution in [0.5, 0.6) is 23.0 Å². The molecule has 0 fully saturated rings. The van der Waals surface area contributed by atoms with E-state index in [1.165, 1.54) is 14.9 Å². The van der Waals surface area contributed by atoms with Crippen LogP contribution in [0.25, 0.3) is 11.4 Å². The van der Waals surface area contributed by atoms with Gasteiger partial charge in [-0.15, -0.1) is 5.10 Å². The molecule has 2 N–H and O–H groups in total. The van der Waals surface area contributed by atoms with Crippen molar-refractivity contribution >= 4 is 23.5 Å². The summed E-state index contributed by atoms with van der Waals surface area (Å²) in [6, 6.07) is 29.9. The van der Waals surface area contributed by atoms with E-state index in [2.05, 4.69) is 79.6 Å². The average molecular weight is 734 g/mol. The van der Waals surface area contributed by atoms with Crippen molar-refractivity contribution in [1.29, 1.82) is 0 Å². The maximum atomic E-state index is 14.1. The largest absolute Gasteiger partial charge is 0.497 e. The number of benzene rings is 4. The number of carbonyl (C=O) groups is 1. The molecular formula is C40H43N7O5S. The van der Waals surface area contributed by atoms with Gasteiger partial charge >= 0.3 is 0 Å². The van der Waals surface area contributed by atoms with Crippen molar-refractivity contribution in [1.82, 2.24) is 30.0 Å². The number of hydrogen-bond donors (Lipinski definition) is 2. The van der Waals surface area contributed by atoms with Gasteiger partial charge in [0.05, 0.1) is 18.5 Å². The highest BCUT2D eigenvalue weighted by molar-refractivity contribution is 7.99. The first-order valence-corrected chi connectivity index (χ1v) is 17.9. The highest BCUT2D eigenvalue weighted by Crippen LogP contribution is 2.32. The summed E-state index contributed by atoms with van der Waals surface area (Å²) in [7, 11) is 1.58. The molecule has 274 valence electrons. The lowest BCUT2D eigenvalue weighted by Crippen LogP contribution is -2.30. The molecule has 6 aromatic rings. The van der Waals surface area contributed by atoms with Gasteiger partial charge in [0.2, 0.25) is 5.16 Å². The third kappa shape index (κ3) is 8.63.